The molecule has 1 N–H and O–H groups in total. The number of carbonyl (C=O) groups is 1. The molecule has 7 heteroatoms. The van der Waals surface area contributed by atoms with Gasteiger partial charge in [0.25, 0.3) is 0 Å². The summed E-state index contributed by atoms with van der Waals surface area (Å²) in [6.07, 6.45) is -3.21. The molecule has 80 valence electrons. The van der Waals surface area contributed by atoms with Crippen molar-refractivity contribution in [3.05, 3.63) is 18.0 Å². The molecule has 0 aliphatic rings. The van der Waals surface area contributed by atoms with Crippen LogP contribution in [0.15, 0.2) is 12.3 Å². The second-order valence-electron chi connectivity index (χ2n) is 2.51. The largest absolute Gasteiger partial charge is 0.542 e. The summed E-state index contributed by atoms with van der Waals surface area (Å²) >= 11 is 0. The number of hydrogen-bond donors (Lipinski definition) is 1. The van der Waals surface area contributed by atoms with Gasteiger partial charge in [-0.25, -0.2) is 0 Å². The third-order valence-corrected chi connectivity index (χ3v) is 1.13. The Morgan fingerprint density at radius 3 is 2.07 bits per heavy atom. The van der Waals surface area contributed by atoms with Gasteiger partial charge in [-0.2, -0.15) is 18.3 Å². The van der Waals surface area contributed by atoms with Crippen LogP contribution in [0.1, 0.15) is 5.69 Å². The van der Waals surface area contributed by atoms with Crippen LogP contribution in [0.2, 0.25) is 0 Å². The number of nitrogens with zero attached hydrogens (tertiary/aromatic N) is 1. The highest BCUT2D eigenvalue weighted by molar-refractivity contribution is 5.70. The number of carboxylic acid groups (broad SMARTS) is 1. The lowest BCUT2D eigenvalue weighted by Crippen LogP contribution is -2.37. The fraction of sp³-hybridized carbons (Fsp3) is 0.429. The van der Waals surface area contributed by atoms with E-state index in [1.54, 1.807) is 0 Å². The van der Waals surface area contributed by atoms with Crippen LogP contribution < -0.4 is 9.79 Å². The molecule has 0 radical (unpaired) electrons. The molecular weight excluding hydrogens is 201 g/mol. The van der Waals surface area contributed by atoms with E-state index in [1.807, 2.05) is 30.9 Å². The van der Waals surface area contributed by atoms with Crippen molar-refractivity contribution in [2.24, 2.45) is 7.05 Å². The lowest BCUT2D eigenvalue weighted by Gasteiger charge is -2.03. The van der Waals surface area contributed by atoms with Crippen LogP contribution in [-0.4, -0.2) is 17.2 Å². The van der Waals surface area contributed by atoms with Gasteiger partial charge in [-0.05, 0) is 6.92 Å². The molecule has 0 aromatic carbocycles. The van der Waals surface area contributed by atoms with Gasteiger partial charge in [0.2, 0.25) is 0 Å². The minimum absolute atomic E-state index is 1.20. The summed E-state index contributed by atoms with van der Waals surface area (Å²) in [6.45, 7) is 2.03. The first kappa shape index (κ1) is 12.5. The Balaban J connectivity index is 0.000000241. The Labute approximate surface area is 78.0 Å². The van der Waals surface area contributed by atoms with Crippen molar-refractivity contribution < 1.29 is 27.8 Å². The summed E-state index contributed by atoms with van der Waals surface area (Å²) < 4.78 is 33.5. The number of alkyl halides is 3. The van der Waals surface area contributed by atoms with E-state index in [1.165, 1.54) is 5.69 Å². The highest BCUT2D eigenvalue weighted by Crippen LogP contribution is 2.11. The second-order valence-corrected chi connectivity index (χ2v) is 2.51. The van der Waals surface area contributed by atoms with E-state index in [4.69, 9.17) is 9.90 Å². The van der Waals surface area contributed by atoms with Gasteiger partial charge in [0.1, 0.15) is 5.97 Å². The minimum atomic E-state index is -5.19. The Kier molecular flexibility index (Phi) is 4.13. The molecule has 14 heavy (non-hydrogen) atoms. The second kappa shape index (κ2) is 4.64. The standard InChI is InChI=1S/C5H8N2.C2HF3O2/c1-5-3-4-7(2)6-5;3-2(4,5)1(6)7/h3-4H,1-2H3;(H,6,7). The third-order valence-electron chi connectivity index (χ3n) is 1.13. The Bertz CT molecular complexity index is 290. The van der Waals surface area contributed by atoms with Crippen molar-refractivity contribution in [1.29, 1.82) is 0 Å². The van der Waals surface area contributed by atoms with Gasteiger partial charge in [0.05, 0.1) is 5.69 Å². The van der Waals surface area contributed by atoms with Crippen molar-refractivity contribution in [1.82, 2.24) is 5.10 Å². The predicted molar refractivity (Wildman–Crippen MR) is 37.8 cm³/mol. The number of halogens is 3. The predicted octanol–water partition coefficient (Wildman–Crippen LogP) is -0.554. The van der Waals surface area contributed by atoms with E-state index >= 15 is 0 Å². The van der Waals surface area contributed by atoms with E-state index in [0.717, 1.165) is 0 Å². The number of rotatable bonds is 0. The van der Waals surface area contributed by atoms with Crippen LogP contribution in [-0.2, 0) is 11.8 Å². The number of carbonyl (C=O) groups excluding carboxylic acids is 1. The van der Waals surface area contributed by atoms with Gasteiger partial charge in [-0.3, -0.25) is 0 Å². The van der Waals surface area contributed by atoms with Crippen molar-refractivity contribution >= 4 is 5.97 Å². The van der Waals surface area contributed by atoms with Crippen LogP contribution in [0.5, 0.6) is 0 Å². The first-order chi connectivity index (χ1) is 6.23. The zero-order valence-electron chi connectivity index (χ0n) is 7.55. The smallest absolute Gasteiger partial charge is 0.430 e. The number of nitrogens with one attached hydrogen (secondary N) is 1. The van der Waals surface area contributed by atoms with Gasteiger partial charge in [-0.1, -0.05) is 0 Å². The monoisotopic (exact) mass is 210 g/mol. The van der Waals surface area contributed by atoms with Crippen molar-refractivity contribution in [3.63, 3.8) is 0 Å². The molecule has 1 heterocycles. The molecule has 0 saturated heterocycles. The molecule has 1 aromatic heterocycles. The van der Waals surface area contributed by atoms with Crippen molar-refractivity contribution in [2.45, 2.75) is 13.1 Å². The fourth-order valence-corrected chi connectivity index (χ4v) is 0.576. The summed E-state index contributed by atoms with van der Waals surface area (Å²) in [4.78, 5) is 8.78. The normalized spacial score (nSPS) is 10.4. The van der Waals surface area contributed by atoms with E-state index < -0.39 is 12.1 Å². The van der Waals surface area contributed by atoms with Crippen LogP contribution in [0.25, 0.3) is 0 Å². The summed E-state index contributed by atoms with van der Waals surface area (Å²) in [7, 11) is 1.97. The summed E-state index contributed by atoms with van der Waals surface area (Å²) in [5.41, 5.74) is 1.20. The zero-order chi connectivity index (χ0) is 11.4. The van der Waals surface area contributed by atoms with Crippen LogP contribution in [0.4, 0.5) is 13.2 Å². The molecule has 0 saturated carbocycles. The molecule has 4 nitrogen and oxygen atoms in total. The molecule has 0 amide bonds. The minimum Gasteiger partial charge on any atom is -0.542 e. The quantitative estimate of drug-likeness (QED) is 0.584. The molecule has 1 rings (SSSR count). The molecule has 0 fully saturated rings. The van der Waals surface area contributed by atoms with E-state index in [9.17, 15) is 13.2 Å². The number of aromatic amines is 1. The lowest BCUT2D eigenvalue weighted by atomic mass is 10.5. The molecule has 0 spiro atoms. The van der Waals surface area contributed by atoms with E-state index in [2.05, 4.69) is 5.10 Å². The maximum absolute atomic E-state index is 10.5. The lowest BCUT2D eigenvalue weighted by molar-refractivity contribution is -0.727. The van der Waals surface area contributed by atoms with Gasteiger partial charge in [-0.15, -0.1) is 4.68 Å². The van der Waals surface area contributed by atoms with Gasteiger partial charge in [0, 0.05) is 6.07 Å². The van der Waals surface area contributed by atoms with Gasteiger partial charge >= 0.3 is 6.18 Å². The number of aryl methyl sites for hydroxylation is 2. The van der Waals surface area contributed by atoms with Gasteiger partial charge < -0.3 is 9.90 Å². The average Bonchev–Trinajstić information content (AvgIpc) is 2.33. The first-order valence-corrected chi connectivity index (χ1v) is 3.53. The number of carboxylic acids is 1. The highest BCUT2D eigenvalue weighted by atomic mass is 19.4. The molecule has 0 aliphatic heterocycles. The molecule has 1 aromatic rings. The fourth-order valence-electron chi connectivity index (χ4n) is 0.576. The van der Waals surface area contributed by atoms with Crippen molar-refractivity contribution in [2.75, 3.05) is 0 Å². The first-order valence-electron chi connectivity index (χ1n) is 3.53. The SMILES string of the molecule is Cc1cc[n+](C)[nH]1.O=C([O-])C(F)(F)F. The summed E-state index contributed by atoms with van der Waals surface area (Å²) in [5, 5.41) is 11.8. The number of hydrogen-bond acceptors (Lipinski definition) is 2. The Hall–Kier alpha value is -1.53. The average molecular weight is 210 g/mol. The maximum Gasteiger partial charge on any atom is 0.430 e. The molecule has 0 atom stereocenters. The van der Waals surface area contributed by atoms with Crippen LogP contribution >= 0.6 is 0 Å². The van der Waals surface area contributed by atoms with Crippen LogP contribution in [0.3, 0.4) is 0 Å². The Morgan fingerprint density at radius 2 is 2.00 bits per heavy atom. The van der Waals surface area contributed by atoms with E-state index in [-0.39, 0.29) is 0 Å². The van der Waals surface area contributed by atoms with E-state index in [0.29, 0.717) is 0 Å². The van der Waals surface area contributed by atoms with Crippen LogP contribution in [0, 0.1) is 6.92 Å². The molecule has 0 unspecified atom stereocenters. The number of aliphatic carboxylic acids is 1. The summed E-state index contributed by atoms with van der Waals surface area (Å²) in [5.74, 6) is -3.01. The topological polar surface area (TPSA) is 59.8 Å². The summed E-state index contributed by atoms with van der Waals surface area (Å²) in [6, 6.07) is 2.03. The number of H-pyrrole nitrogens is 1. The number of aromatic nitrogens is 2. The maximum atomic E-state index is 10.5. The molecule has 0 aliphatic carbocycles. The molecule has 0 bridgehead atoms. The third kappa shape index (κ3) is 5.18. The highest BCUT2D eigenvalue weighted by Gasteiger charge is 2.28. The van der Waals surface area contributed by atoms with Gasteiger partial charge in [0.15, 0.2) is 13.2 Å². The molecular formula is C7H9F3N2O2. The zero-order valence-corrected chi connectivity index (χ0v) is 7.55. The Morgan fingerprint density at radius 1 is 1.57 bits per heavy atom. The van der Waals surface area contributed by atoms with Crippen molar-refractivity contribution in [3.8, 4) is 0 Å².